The first-order valence-electron chi connectivity index (χ1n) is 6.82. The van der Waals surface area contributed by atoms with Gasteiger partial charge in [0.05, 0.1) is 21.7 Å². The van der Waals surface area contributed by atoms with Crippen molar-refractivity contribution in [2.75, 3.05) is 5.32 Å². The SMILES string of the molecule is Cc1nn(C)c2cc(Nc3n[nH]c4cccnc34)cc(Cl)c12. The van der Waals surface area contributed by atoms with Crippen molar-refractivity contribution in [3.8, 4) is 0 Å². The van der Waals surface area contributed by atoms with E-state index in [1.165, 1.54) is 0 Å². The first kappa shape index (κ1) is 13.1. The maximum atomic E-state index is 6.40. The zero-order chi connectivity index (χ0) is 15.3. The van der Waals surface area contributed by atoms with Crippen LogP contribution in [0.5, 0.6) is 0 Å². The third-order valence-electron chi connectivity index (χ3n) is 3.66. The summed E-state index contributed by atoms with van der Waals surface area (Å²) < 4.78 is 1.82. The highest BCUT2D eigenvalue weighted by molar-refractivity contribution is 6.36. The minimum absolute atomic E-state index is 0.665. The summed E-state index contributed by atoms with van der Waals surface area (Å²) in [5.41, 5.74) is 4.41. The predicted molar refractivity (Wildman–Crippen MR) is 87.6 cm³/mol. The number of aromatic nitrogens is 5. The van der Waals surface area contributed by atoms with Gasteiger partial charge in [0, 0.05) is 24.3 Å². The van der Waals surface area contributed by atoms with Crippen LogP contribution in [0, 0.1) is 6.92 Å². The maximum Gasteiger partial charge on any atom is 0.178 e. The van der Waals surface area contributed by atoms with E-state index in [1.807, 2.05) is 42.9 Å². The lowest BCUT2D eigenvalue weighted by Crippen LogP contribution is -1.94. The van der Waals surface area contributed by atoms with Crippen molar-refractivity contribution in [2.45, 2.75) is 6.92 Å². The lowest BCUT2D eigenvalue weighted by molar-refractivity contribution is 0.783. The minimum Gasteiger partial charge on any atom is -0.337 e. The van der Waals surface area contributed by atoms with Crippen molar-refractivity contribution >= 4 is 45.0 Å². The molecule has 4 aromatic rings. The third kappa shape index (κ3) is 1.92. The van der Waals surface area contributed by atoms with E-state index in [4.69, 9.17) is 11.6 Å². The quantitative estimate of drug-likeness (QED) is 0.594. The van der Waals surface area contributed by atoms with Gasteiger partial charge in [-0.2, -0.15) is 10.2 Å². The highest BCUT2D eigenvalue weighted by Gasteiger charge is 2.12. The molecule has 0 atom stereocenters. The molecule has 2 N–H and O–H groups in total. The molecule has 22 heavy (non-hydrogen) atoms. The molecule has 0 aliphatic rings. The Morgan fingerprint density at radius 1 is 1.32 bits per heavy atom. The number of nitrogens with zero attached hydrogens (tertiary/aromatic N) is 4. The van der Waals surface area contributed by atoms with Crippen LogP contribution in [0.4, 0.5) is 11.5 Å². The molecule has 0 spiro atoms. The topological polar surface area (TPSA) is 71.4 Å². The molecule has 0 amide bonds. The normalized spacial score (nSPS) is 11.4. The average Bonchev–Trinajstić information content (AvgIpc) is 3.02. The number of halogens is 1. The van der Waals surface area contributed by atoms with E-state index >= 15 is 0 Å². The third-order valence-corrected chi connectivity index (χ3v) is 3.96. The molecule has 7 heteroatoms. The highest BCUT2D eigenvalue weighted by atomic mass is 35.5. The fourth-order valence-electron chi connectivity index (χ4n) is 2.68. The number of nitrogens with one attached hydrogen (secondary N) is 2. The van der Waals surface area contributed by atoms with Crippen LogP contribution in [-0.2, 0) is 7.05 Å². The Labute approximate surface area is 131 Å². The molecule has 0 unspecified atom stereocenters. The van der Waals surface area contributed by atoms with Crippen LogP contribution in [0.15, 0.2) is 30.5 Å². The predicted octanol–water partition coefficient (Wildman–Crippen LogP) is 3.55. The smallest absolute Gasteiger partial charge is 0.178 e. The lowest BCUT2D eigenvalue weighted by atomic mass is 10.2. The number of aryl methyl sites for hydroxylation is 2. The molecule has 0 bridgehead atoms. The van der Waals surface area contributed by atoms with E-state index in [-0.39, 0.29) is 0 Å². The summed E-state index contributed by atoms with van der Waals surface area (Å²) in [6.45, 7) is 1.95. The summed E-state index contributed by atoms with van der Waals surface area (Å²) in [5, 5.41) is 16.5. The molecule has 0 saturated heterocycles. The van der Waals surface area contributed by atoms with Crippen molar-refractivity contribution in [3.05, 3.63) is 41.2 Å². The second-order valence-electron chi connectivity index (χ2n) is 5.16. The second kappa shape index (κ2) is 4.71. The molecule has 3 heterocycles. The summed E-state index contributed by atoms with van der Waals surface area (Å²) in [6.07, 6.45) is 1.74. The number of pyridine rings is 1. The number of hydrogen-bond donors (Lipinski definition) is 2. The van der Waals surface area contributed by atoms with E-state index in [2.05, 4.69) is 25.6 Å². The zero-order valence-corrected chi connectivity index (χ0v) is 12.8. The summed E-state index contributed by atoms with van der Waals surface area (Å²) in [5.74, 6) is 0.671. The van der Waals surface area contributed by atoms with Crippen LogP contribution in [-0.4, -0.2) is 25.0 Å². The van der Waals surface area contributed by atoms with Crippen LogP contribution in [0.25, 0.3) is 21.9 Å². The fraction of sp³-hybridized carbons (Fsp3) is 0.133. The molecule has 1 aromatic carbocycles. The molecule has 0 fully saturated rings. The average molecular weight is 313 g/mol. The van der Waals surface area contributed by atoms with Gasteiger partial charge in [0.2, 0.25) is 0 Å². The Kier molecular flexibility index (Phi) is 2.80. The van der Waals surface area contributed by atoms with Crippen molar-refractivity contribution in [2.24, 2.45) is 7.05 Å². The first-order chi connectivity index (χ1) is 10.6. The Morgan fingerprint density at radius 3 is 3.05 bits per heavy atom. The number of hydrogen-bond acceptors (Lipinski definition) is 4. The van der Waals surface area contributed by atoms with E-state index in [0.29, 0.717) is 10.8 Å². The molecule has 0 saturated carbocycles. The van der Waals surface area contributed by atoms with Gasteiger partial charge in [0.25, 0.3) is 0 Å². The van der Waals surface area contributed by atoms with Gasteiger partial charge in [-0.25, -0.2) is 0 Å². The maximum absolute atomic E-state index is 6.40. The Hall–Kier alpha value is -2.60. The molecule has 110 valence electrons. The van der Waals surface area contributed by atoms with Crippen LogP contribution in [0.2, 0.25) is 5.02 Å². The van der Waals surface area contributed by atoms with Crippen LogP contribution in [0.3, 0.4) is 0 Å². The van der Waals surface area contributed by atoms with Gasteiger partial charge in [-0.15, -0.1) is 0 Å². The fourth-order valence-corrected chi connectivity index (χ4v) is 3.03. The second-order valence-corrected chi connectivity index (χ2v) is 5.57. The van der Waals surface area contributed by atoms with Gasteiger partial charge >= 0.3 is 0 Å². The number of benzene rings is 1. The highest BCUT2D eigenvalue weighted by Crippen LogP contribution is 2.32. The van der Waals surface area contributed by atoms with Gasteiger partial charge < -0.3 is 5.32 Å². The van der Waals surface area contributed by atoms with Gasteiger partial charge in [-0.1, -0.05) is 11.6 Å². The number of H-pyrrole nitrogens is 1. The van der Waals surface area contributed by atoms with Crippen molar-refractivity contribution < 1.29 is 0 Å². The Balaban J connectivity index is 1.83. The van der Waals surface area contributed by atoms with Gasteiger partial charge in [-0.05, 0) is 31.2 Å². The van der Waals surface area contributed by atoms with Gasteiger partial charge in [0.15, 0.2) is 5.82 Å². The van der Waals surface area contributed by atoms with Gasteiger partial charge in [0.1, 0.15) is 5.52 Å². The van der Waals surface area contributed by atoms with Crippen molar-refractivity contribution in [1.29, 1.82) is 0 Å². The van der Waals surface area contributed by atoms with Crippen molar-refractivity contribution in [1.82, 2.24) is 25.0 Å². The lowest BCUT2D eigenvalue weighted by Gasteiger charge is -2.06. The molecule has 0 aliphatic heterocycles. The molecule has 0 radical (unpaired) electrons. The minimum atomic E-state index is 0.665. The van der Waals surface area contributed by atoms with Crippen LogP contribution < -0.4 is 5.32 Å². The molecule has 4 rings (SSSR count). The number of fused-ring (bicyclic) bond motifs is 2. The monoisotopic (exact) mass is 312 g/mol. The largest absolute Gasteiger partial charge is 0.337 e. The summed E-state index contributed by atoms with van der Waals surface area (Å²) in [6, 6.07) is 7.68. The first-order valence-corrected chi connectivity index (χ1v) is 7.20. The summed E-state index contributed by atoms with van der Waals surface area (Å²) >= 11 is 6.40. The molecule has 0 aliphatic carbocycles. The summed E-state index contributed by atoms with van der Waals surface area (Å²) in [4.78, 5) is 4.34. The van der Waals surface area contributed by atoms with E-state index in [9.17, 15) is 0 Å². The van der Waals surface area contributed by atoms with Gasteiger partial charge in [-0.3, -0.25) is 14.8 Å². The number of aromatic amines is 1. The molecule has 6 nitrogen and oxygen atoms in total. The standard InChI is InChI=1S/C15H13ClN6/c1-8-13-10(16)6-9(7-12(13)22(2)21-8)18-15-14-11(19-20-15)4-3-5-17-14/h3-7H,1-2H3,(H2,18,19,20). The Morgan fingerprint density at radius 2 is 2.18 bits per heavy atom. The summed E-state index contributed by atoms with van der Waals surface area (Å²) in [7, 11) is 1.90. The van der Waals surface area contributed by atoms with Crippen LogP contribution >= 0.6 is 11.6 Å². The van der Waals surface area contributed by atoms with Crippen LogP contribution in [0.1, 0.15) is 5.69 Å². The van der Waals surface area contributed by atoms with E-state index < -0.39 is 0 Å². The van der Waals surface area contributed by atoms with E-state index in [1.54, 1.807) is 6.20 Å². The molecular formula is C15H13ClN6. The van der Waals surface area contributed by atoms with E-state index in [0.717, 1.165) is 33.3 Å². The van der Waals surface area contributed by atoms with Crippen molar-refractivity contribution in [3.63, 3.8) is 0 Å². The number of anilines is 2. The zero-order valence-electron chi connectivity index (χ0n) is 12.1. The molecular weight excluding hydrogens is 300 g/mol. The molecule has 3 aromatic heterocycles. The number of rotatable bonds is 2. The Bertz CT molecular complexity index is 1000.